The van der Waals surface area contributed by atoms with Gasteiger partial charge in [0, 0.05) is 31.7 Å². The lowest BCUT2D eigenvalue weighted by atomic mass is 10.1. The lowest BCUT2D eigenvalue weighted by molar-refractivity contribution is -0.148. The predicted octanol–water partition coefficient (Wildman–Crippen LogP) is 2.16. The Bertz CT molecular complexity index is 640. The van der Waals surface area contributed by atoms with Gasteiger partial charge in [0.25, 0.3) is 0 Å². The number of rotatable bonds is 5. The van der Waals surface area contributed by atoms with Crippen LogP contribution in [0.1, 0.15) is 39.2 Å². The Morgan fingerprint density at radius 2 is 1.81 bits per heavy atom. The van der Waals surface area contributed by atoms with E-state index in [0.717, 1.165) is 5.56 Å². The molecule has 0 spiro atoms. The fourth-order valence-corrected chi connectivity index (χ4v) is 3.07. The molecule has 0 bridgehead atoms. The van der Waals surface area contributed by atoms with Gasteiger partial charge in [-0.15, -0.1) is 0 Å². The van der Waals surface area contributed by atoms with Gasteiger partial charge in [0.05, 0.1) is 6.61 Å². The van der Waals surface area contributed by atoms with Crippen molar-refractivity contribution in [2.45, 2.75) is 52.2 Å². The molecule has 1 heterocycles. The highest BCUT2D eigenvalue weighted by Gasteiger charge is 2.29. The molecular weight excluding hydrogens is 346 g/mol. The first-order chi connectivity index (χ1) is 12.9. The molecule has 1 aromatic rings. The molecule has 0 atom stereocenters. The predicted molar refractivity (Wildman–Crippen MR) is 102 cm³/mol. The Labute approximate surface area is 160 Å². The summed E-state index contributed by atoms with van der Waals surface area (Å²) in [5, 5.41) is 2.82. The van der Waals surface area contributed by atoms with E-state index in [9.17, 15) is 14.4 Å². The highest BCUT2D eigenvalue weighted by molar-refractivity contribution is 6.35. The minimum absolute atomic E-state index is 0.0888. The number of ether oxygens (including phenoxy) is 1. The monoisotopic (exact) mass is 375 g/mol. The minimum atomic E-state index is -0.589. The molecule has 1 fully saturated rings. The Morgan fingerprint density at radius 3 is 2.37 bits per heavy atom. The topological polar surface area (TPSA) is 79.0 Å². The number of carbonyl (C=O) groups is 3. The van der Waals surface area contributed by atoms with Gasteiger partial charge in [-0.3, -0.25) is 9.59 Å². The van der Waals surface area contributed by atoms with E-state index in [0.29, 0.717) is 39.1 Å². The van der Waals surface area contributed by atoms with Crippen molar-refractivity contribution in [2.75, 3.05) is 19.7 Å². The van der Waals surface area contributed by atoms with Gasteiger partial charge in [-0.1, -0.05) is 30.3 Å². The normalized spacial score (nSPS) is 14.7. The summed E-state index contributed by atoms with van der Waals surface area (Å²) in [5.74, 6) is -1.11. The van der Waals surface area contributed by atoms with Gasteiger partial charge in [0.1, 0.15) is 0 Å². The number of piperidine rings is 1. The van der Waals surface area contributed by atoms with E-state index >= 15 is 0 Å². The molecule has 7 nitrogen and oxygen atoms in total. The molecule has 7 heteroatoms. The van der Waals surface area contributed by atoms with E-state index in [-0.39, 0.29) is 18.2 Å². The zero-order chi connectivity index (χ0) is 19.8. The number of benzene rings is 1. The molecule has 3 amide bonds. The first-order valence-electron chi connectivity index (χ1n) is 9.49. The van der Waals surface area contributed by atoms with Crippen molar-refractivity contribution in [3.63, 3.8) is 0 Å². The number of hydrogen-bond acceptors (Lipinski definition) is 4. The lowest BCUT2D eigenvalue weighted by Gasteiger charge is -2.32. The van der Waals surface area contributed by atoms with Crippen molar-refractivity contribution in [2.24, 2.45) is 0 Å². The molecule has 1 saturated heterocycles. The third-order valence-corrected chi connectivity index (χ3v) is 4.63. The van der Waals surface area contributed by atoms with Crippen LogP contribution in [0.5, 0.6) is 0 Å². The summed E-state index contributed by atoms with van der Waals surface area (Å²) in [7, 11) is 0. The number of nitrogens with one attached hydrogen (secondary N) is 1. The molecule has 1 aliphatic rings. The Kier molecular flexibility index (Phi) is 7.64. The largest absolute Gasteiger partial charge is 0.450 e. The van der Waals surface area contributed by atoms with Gasteiger partial charge >= 0.3 is 17.9 Å². The average molecular weight is 375 g/mol. The van der Waals surface area contributed by atoms with Gasteiger partial charge < -0.3 is 19.9 Å². The van der Waals surface area contributed by atoms with Crippen LogP contribution in [0.25, 0.3) is 0 Å². The van der Waals surface area contributed by atoms with Crippen LogP contribution in [0, 0.1) is 0 Å². The number of carbonyl (C=O) groups excluding carboxylic acids is 3. The van der Waals surface area contributed by atoms with E-state index in [4.69, 9.17) is 4.74 Å². The molecule has 0 unspecified atom stereocenters. The van der Waals surface area contributed by atoms with E-state index in [2.05, 4.69) is 5.32 Å². The summed E-state index contributed by atoms with van der Waals surface area (Å²) in [6.07, 6.45) is 0.892. The fraction of sp³-hybridized carbons (Fsp3) is 0.550. The zero-order valence-corrected chi connectivity index (χ0v) is 16.3. The van der Waals surface area contributed by atoms with E-state index in [1.54, 1.807) is 16.7 Å². The van der Waals surface area contributed by atoms with E-state index < -0.39 is 11.8 Å². The van der Waals surface area contributed by atoms with Crippen molar-refractivity contribution in [3.8, 4) is 0 Å². The van der Waals surface area contributed by atoms with Crippen LogP contribution in [0.4, 0.5) is 4.79 Å². The van der Waals surface area contributed by atoms with Gasteiger partial charge in [-0.2, -0.15) is 0 Å². The highest BCUT2D eigenvalue weighted by Crippen LogP contribution is 2.13. The summed E-state index contributed by atoms with van der Waals surface area (Å²) in [4.78, 5) is 40.0. The quantitative estimate of drug-likeness (QED) is 0.800. The smallest absolute Gasteiger partial charge is 0.409 e. The fourth-order valence-electron chi connectivity index (χ4n) is 3.07. The van der Waals surface area contributed by atoms with Gasteiger partial charge in [-0.05, 0) is 39.2 Å². The second-order valence-corrected chi connectivity index (χ2v) is 6.95. The maximum Gasteiger partial charge on any atom is 0.409 e. The van der Waals surface area contributed by atoms with Crippen molar-refractivity contribution < 1.29 is 19.1 Å². The summed E-state index contributed by atoms with van der Waals surface area (Å²) < 4.78 is 4.99. The molecule has 2 rings (SSSR count). The molecule has 1 aromatic carbocycles. The van der Waals surface area contributed by atoms with Crippen LogP contribution in [-0.2, 0) is 20.9 Å². The lowest BCUT2D eigenvalue weighted by Crippen LogP contribution is -2.51. The highest BCUT2D eigenvalue weighted by atomic mass is 16.6. The molecule has 0 radical (unpaired) electrons. The van der Waals surface area contributed by atoms with E-state index in [1.165, 1.54) is 0 Å². The Hall–Kier alpha value is -2.57. The molecule has 1 aliphatic heterocycles. The second kappa shape index (κ2) is 9.94. The first-order valence-corrected chi connectivity index (χ1v) is 9.49. The minimum Gasteiger partial charge on any atom is -0.450 e. The van der Waals surface area contributed by atoms with Crippen molar-refractivity contribution in [1.82, 2.24) is 15.1 Å². The van der Waals surface area contributed by atoms with Crippen molar-refractivity contribution >= 4 is 17.9 Å². The van der Waals surface area contributed by atoms with Crippen LogP contribution >= 0.6 is 0 Å². The standard InChI is InChI=1S/C20H29N3O4/c1-4-27-20(26)22-12-10-17(11-13-22)21-18(24)19(25)23(15(2)3)14-16-8-6-5-7-9-16/h5-9,15,17H,4,10-14H2,1-3H3,(H,21,24). The van der Waals surface area contributed by atoms with Crippen molar-refractivity contribution in [1.29, 1.82) is 0 Å². The molecule has 0 aromatic heterocycles. The summed E-state index contributed by atoms with van der Waals surface area (Å²) in [6, 6.07) is 9.41. The second-order valence-electron chi connectivity index (χ2n) is 6.95. The van der Waals surface area contributed by atoms with Crippen LogP contribution in [0.15, 0.2) is 30.3 Å². The van der Waals surface area contributed by atoms with Crippen LogP contribution in [0.2, 0.25) is 0 Å². The molecule has 27 heavy (non-hydrogen) atoms. The van der Waals surface area contributed by atoms with Gasteiger partial charge in [0.2, 0.25) is 0 Å². The molecule has 1 N–H and O–H groups in total. The third-order valence-electron chi connectivity index (χ3n) is 4.63. The average Bonchev–Trinajstić information content (AvgIpc) is 2.67. The SMILES string of the molecule is CCOC(=O)N1CCC(NC(=O)C(=O)N(Cc2ccccc2)C(C)C)CC1. The van der Waals surface area contributed by atoms with Crippen LogP contribution < -0.4 is 5.32 Å². The molecule has 0 saturated carbocycles. The summed E-state index contributed by atoms with van der Waals surface area (Å²) >= 11 is 0. The zero-order valence-electron chi connectivity index (χ0n) is 16.3. The first kappa shape index (κ1) is 20.7. The maximum atomic E-state index is 12.6. The number of likely N-dealkylation sites (tertiary alicyclic amines) is 1. The molecule has 148 valence electrons. The third kappa shape index (κ3) is 5.98. The Morgan fingerprint density at radius 1 is 1.19 bits per heavy atom. The van der Waals surface area contributed by atoms with Crippen LogP contribution in [0.3, 0.4) is 0 Å². The number of hydrogen-bond donors (Lipinski definition) is 1. The van der Waals surface area contributed by atoms with Crippen LogP contribution in [-0.4, -0.2) is 59.5 Å². The number of amides is 3. The Balaban J connectivity index is 1.88. The summed E-state index contributed by atoms with van der Waals surface area (Å²) in [5.41, 5.74) is 0.982. The summed E-state index contributed by atoms with van der Waals surface area (Å²) in [6.45, 7) is 7.32. The molecular formula is C20H29N3O4. The van der Waals surface area contributed by atoms with E-state index in [1.807, 2.05) is 44.2 Å². The molecule has 0 aliphatic carbocycles. The maximum absolute atomic E-state index is 12.6. The van der Waals surface area contributed by atoms with Gasteiger partial charge in [0.15, 0.2) is 0 Å². The van der Waals surface area contributed by atoms with Crippen molar-refractivity contribution in [3.05, 3.63) is 35.9 Å². The number of nitrogens with zero attached hydrogens (tertiary/aromatic N) is 2. The van der Waals surface area contributed by atoms with Gasteiger partial charge in [-0.25, -0.2) is 4.79 Å².